The first-order chi connectivity index (χ1) is 8.61. The summed E-state index contributed by atoms with van der Waals surface area (Å²) in [5.74, 6) is -0.339. The zero-order chi connectivity index (χ0) is 13.1. The van der Waals surface area contributed by atoms with Gasteiger partial charge in [0.2, 0.25) is 0 Å². The van der Waals surface area contributed by atoms with Crippen molar-refractivity contribution in [3.63, 3.8) is 0 Å². The summed E-state index contributed by atoms with van der Waals surface area (Å²) >= 11 is 5.96. The highest BCUT2D eigenvalue weighted by Gasteiger charge is 2.14. The SMILES string of the molecule is CCn1cc(NC(=O)c2c(N)cccc2Cl)cn1. The minimum atomic E-state index is -0.339. The number of amides is 1. The number of benzene rings is 1. The molecule has 0 atom stereocenters. The molecule has 2 rings (SSSR count). The number of nitrogens with one attached hydrogen (secondary N) is 1. The van der Waals surface area contributed by atoms with E-state index < -0.39 is 0 Å². The van der Waals surface area contributed by atoms with E-state index >= 15 is 0 Å². The lowest BCUT2D eigenvalue weighted by atomic mass is 10.1. The molecule has 18 heavy (non-hydrogen) atoms. The molecule has 3 N–H and O–H groups in total. The standard InChI is InChI=1S/C12H13ClN4O/c1-2-17-7-8(6-15-17)16-12(18)11-9(13)4-3-5-10(11)14/h3-7H,2,14H2,1H3,(H,16,18). The third-order valence-electron chi connectivity index (χ3n) is 2.49. The van der Waals surface area contributed by atoms with Gasteiger partial charge in [0.05, 0.1) is 22.5 Å². The first-order valence-corrected chi connectivity index (χ1v) is 5.87. The van der Waals surface area contributed by atoms with Crippen molar-refractivity contribution in [2.75, 3.05) is 11.1 Å². The van der Waals surface area contributed by atoms with Gasteiger partial charge in [-0.15, -0.1) is 0 Å². The number of halogens is 1. The maximum atomic E-state index is 12.0. The summed E-state index contributed by atoms with van der Waals surface area (Å²) in [7, 11) is 0. The van der Waals surface area contributed by atoms with E-state index in [0.29, 0.717) is 16.4 Å². The molecule has 1 aromatic heterocycles. The molecule has 0 saturated carbocycles. The number of rotatable bonds is 3. The Labute approximate surface area is 110 Å². The van der Waals surface area contributed by atoms with Crippen molar-refractivity contribution < 1.29 is 4.79 Å². The van der Waals surface area contributed by atoms with Crippen LogP contribution in [-0.2, 0) is 6.54 Å². The Morgan fingerprint density at radius 2 is 2.33 bits per heavy atom. The number of anilines is 2. The number of hydrogen-bond donors (Lipinski definition) is 2. The van der Waals surface area contributed by atoms with Crippen LogP contribution in [0.3, 0.4) is 0 Å². The van der Waals surface area contributed by atoms with E-state index in [-0.39, 0.29) is 11.5 Å². The fourth-order valence-electron chi connectivity index (χ4n) is 1.58. The molecule has 0 bridgehead atoms. The maximum Gasteiger partial charge on any atom is 0.259 e. The van der Waals surface area contributed by atoms with Gasteiger partial charge in [0.1, 0.15) is 0 Å². The average Bonchev–Trinajstić information content (AvgIpc) is 2.76. The Balaban J connectivity index is 2.22. The predicted molar refractivity (Wildman–Crippen MR) is 71.7 cm³/mol. The predicted octanol–water partition coefficient (Wildman–Crippen LogP) is 2.39. The molecule has 5 nitrogen and oxygen atoms in total. The fourth-order valence-corrected chi connectivity index (χ4v) is 1.84. The van der Waals surface area contributed by atoms with Crippen LogP contribution in [0.2, 0.25) is 5.02 Å². The van der Waals surface area contributed by atoms with Crippen LogP contribution in [0.4, 0.5) is 11.4 Å². The summed E-state index contributed by atoms with van der Waals surface area (Å²) in [4.78, 5) is 12.0. The Hall–Kier alpha value is -2.01. The monoisotopic (exact) mass is 264 g/mol. The number of aryl methyl sites for hydroxylation is 1. The molecule has 0 unspecified atom stereocenters. The van der Waals surface area contributed by atoms with Crippen molar-refractivity contribution in [2.45, 2.75) is 13.5 Å². The van der Waals surface area contributed by atoms with Crippen molar-refractivity contribution >= 4 is 28.9 Å². The third kappa shape index (κ3) is 2.46. The lowest BCUT2D eigenvalue weighted by molar-refractivity contribution is 0.102. The van der Waals surface area contributed by atoms with Crippen LogP contribution in [0.15, 0.2) is 30.6 Å². The van der Waals surface area contributed by atoms with Crippen LogP contribution < -0.4 is 11.1 Å². The first kappa shape index (κ1) is 12.4. The summed E-state index contributed by atoms with van der Waals surface area (Å²) < 4.78 is 1.71. The Morgan fingerprint density at radius 1 is 1.56 bits per heavy atom. The van der Waals surface area contributed by atoms with E-state index in [1.165, 1.54) is 0 Å². The number of nitrogens with zero attached hydrogens (tertiary/aromatic N) is 2. The Kier molecular flexibility index (Phi) is 3.53. The first-order valence-electron chi connectivity index (χ1n) is 5.49. The number of nitrogens with two attached hydrogens (primary N) is 1. The molecule has 1 aromatic carbocycles. The number of aromatic nitrogens is 2. The van der Waals surface area contributed by atoms with Gasteiger partial charge in [-0.3, -0.25) is 9.48 Å². The highest BCUT2D eigenvalue weighted by atomic mass is 35.5. The number of hydrogen-bond acceptors (Lipinski definition) is 3. The van der Waals surface area contributed by atoms with Gasteiger partial charge in [0.15, 0.2) is 0 Å². The van der Waals surface area contributed by atoms with Gasteiger partial charge >= 0.3 is 0 Å². The zero-order valence-electron chi connectivity index (χ0n) is 9.85. The van der Waals surface area contributed by atoms with Crippen molar-refractivity contribution in [1.82, 2.24) is 9.78 Å². The van der Waals surface area contributed by atoms with Gasteiger partial charge in [0.25, 0.3) is 5.91 Å². The van der Waals surface area contributed by atoms with Gasteiger partial charge < -0.3 is 11.1 Å². The van der Waals surface area contributed by atoms with E-state index in [1.54, 1.807) is 35.3 Å². The minimum absolute atomic E-state index is 0.281. The molecular formula is C12H13ClN4O. The van der Waals surface area contributed by atoms with E-state index in [4.69, 9.17) is 17.3 Å². The van der Waals surface area contributed by atoms with Crippen molar-refractivity contribution in [3.8, 4) is 0 Å². The largest absolute Gasteiger partial charge is 0.398 e. The van der Waals surface area contributed by atoms with Crippen molar-refractivity contribution in [3.05, 3.63) is 41.2 Å². The average molecular weight is 265 g/mol. The Bertz CT molecular complexity index is 559. The summed E-state index contributed by atoms with van der Waals surface area (Å²) in [5.41, 5.74) is 6.98. The van der Waals surface area contributed by atoms with Crippen LogP contribution in [0.5, 0.6) is 0 Å². The van der Waals surface area contributed by atoms with Gasteiger partial charge in [-0.05, 0) is 19.1 Å². The number of carbonyl (C=O) groups is 1. The minimum Gasteiger partial charge on any atom is -0.398 e. The molecule has 2 aromatic rings. The number of nitrogen functional groups attached to an aromatic ring is 1. The van der Waals surface area contributed by atoms with Gasteiger partial charge in [0, 0.05) is 18.4 Å². The van der Waals surface area contributed by atoms with Crippen LogP contribution in [0.1, 0.15) is 17.3 Å². The lowest BCUT2D eigenvalue weighted by Gasteiger charge is -2.07. The molecular weight excluding hydrogens is 252 g/mol. The topological polar surface area (TPSA) is 72.9 Å². The molecule has 0 aliphatic heterocycles. The van der Waals surface area contributed by atoms with E-state index in [1.807, 2.05) is 6.92 Å². The second kappa shape index (κ2) is 5.10. The van der Waals surface area contributed by atoms with Gasteiger partial charge in [-0.1, -0.05) is 17.7 Å². The van der Waals surface area contributed by atoms with Gasteiger partial charge in [-0.2, -0.15) is 5.10 Å². The highest BCUT2D eigenvalue weighted by molar-refractivity contribution is 6.35. The summed E-state index contributed by atoms with van der Waals surface area (Å²) in [5, 5.41) is 7.10. The van der Waals surface area contributed by atoms with Crippen LogP contribution in [-0.4, -0.2) is 15.7 Å². The normalized spacial score (nSPS) is 10.3. The van der Waals surface area contributed by atoms with Gasteiger partial charge in [-0.25, -0.2) is 0 Å². The molecule has 0 aliphatic rings. The fraction of sp³-hybridized carbons (Fsp3) is 0.167. The van der Waals surface area contributed by atoms with E-state index in [9.17, 15) is 4.79 Å². The maximum absolute atomic E-state index is 12.0. The molecule has 0 aliphatic carbocycles. The molecule has 0 spiro atoms. The molecule has 0 saturated heterocycles. The molecule has 0 radical (unpaired) electrons. The summed E-state index contributed by atoms with van der Waals surface area (Å²) in [6.07, 6.45) is 3.32. The van der Waals surface area contributed by atoms with Crippen molar-refractivity contribution in [2.24, 2.45) is 0 Å². The Morgan fingerprint density at radius 3 is 2.94 bits per heavy atom. The quantitative estimate of drug-likeness (QED) is 0.836. The lowest BCUT2D eigenvalue weighted by Crippen LogP contribution is -2.14. The summed E-state index contributed by atoms with van der Waals surface area (Å²) in [6.45, 7) is 2.70. The smallest absolute Gasteiger partial charge is 0.259 e. The number of carbonyl (C=O) groups excluding carboxylic acids is 1. The second-order valence-electron chi connectivity index (χ2n) is 3.74. The second-order valence-corrected chi connectivity index (χ2v) is 4.15. The molecule has 1 heterocycles. The van der Waals surface area contributed by atoms with Crippen LogP contribution >= 0.6 is 11.6 Å². The van der Waals surface area contributed by atoms with Crippen LogP contribution in [0.25, 0.3) is 0 Å². The molecule has 1 amide bonds. The highest BCUT2D eigenvalue weighted by Crippen LogP contribution is 2.23. The van der Waals surface area contributed by atoms with Crippen molar-refractivity contribution in [1.29, 1.82) is 0 Å². The molecule has 6 heteroatoms. The summed E-state index contributed by atoms with van der Waals surface area (Å²) in [6, 6.07) is 4.96. The van der Waals surface area contributed by atoms with E-state index in [2.05, 4.69) is 10.4 Å². The van der Waals surface area contributed by atoms with E-state index in [0.717, 1.165) is 6.54 Å². The zero-order valence-corrected chi connectivity index (χ0v) is 10.6. The molecule has 0 fully saturated rings. The molecule has 94 valence electrons. The van der Waals surface area contributed by atoms with Crippen LogP contribution in [0, 0.1) is 0 Å². The third-order valence-corrected chi connectivity index (χ3v) is 2.80.